The summed E-state index contributed by atoms with van der Waals surface area (Å²) in [6.45, 7) is 4.58. The molecule has 0 aliphatic rings. The number of carbonyl (C=O) groups is 1. The molecule has 96 valence electrons. The van der Waals surface area contributed by atoms with Crippen LogP contribution in [-0.4, -0.2) is 32.3 Å². The van der Waals surface area contributed by atoms with E-state index >= 15 is 0 Å². The van der Waals surface area contributed by atoms with Crippen LogP contribution in [0.2, 0.25) is 0 Å². The molecule has 0 radical (unpaired) electrons. The lowest BCUT2D eigenvalue weighted by Crippen LogP contribution is -2.18. The third-order valence-corrected chi connectivity index (χ3v) is 4.13. The Morgan fingerprint density at radius 2 is 2.35 bits per heavy atom. The summed E-state index contributed by atoms with van der Waals surface area (Å²) in [4.78, 5) is 11.1. The summed E-state index contributed by atoms with van der Waals surface area (Å²) in [6.07, 6.45) is 3.78. The lowest BCUT2D eigenvalue weighted by molar-refractivity contribution is -0.140. The summed E-state index contributed by atoms with van der Waals surface area (Å²) < 4.78 is 18.3. The standard InChI is InChI=1S/C11H18N2O3S/c1-4-13-7-10(6-12-13)8-17(15)9(2)5-11(14)16-3/h6-7,9H,4-5,8H2,1-3H3. The van der Waals surface area contributed by atoms with Crippen LogP contribution in [0.1, 0.15) is 25.8 Å². The van der Waals surface area contributed by atoms with Gasteiger partial charge in [-0.1, -0.05) is 6.92 Å². The van der Waals surface area contributed by atoms with Crippen LogP contribution in [0.4, 0.5) is 0 Å². The number of nitrogens with zero attached hydrogens (tertiary/aromatic N) is 2. The zero-order valence-electron chi connectivity index (χ0n) is 10.4. The zero-order valence-corrected chi connectivity index (χ0v) is 11.2. The Morgan fingerprint density at radius 3 is 2.88 bits per heavy atom. The molecule has 2 atom stereocenters. The summed E-state index contributed by atoms with van der Waals surface area (Å²) in [5.41, 5.74) is 0.932. The Labute approximate surface area is 104 Å². The van der Waals surface area contributed by atoms with Gasteiger partial charge in [0.1, 0.15) is 0 Å². The number of hydrogen-bond acceptors (Lipinski definition) is 4. The van der Waals surface area contributed by atoms with Gasteiger partial charge in [-0.05, 0) is 6.92 Å². The smallest absolute Gasteiger partial charge is 0.306 e. The third-order valence-electron chi connectivity index (χ3n) is 2.45. The first-order valence-corrected chi connectivity index (χ1v) is 6.90. The Hall–Kier alpha value is -1.17. The van der Waals surface area contributed by atoms with E-state index in [2.05, 4.69) is 9.84 Å². The molecule has 0 saturated heterocycles. The zero-order chi connectivity index (χ0) is 12.8. The van der Waals surface area contributed by atoms with Gasteiger partial charge in [0.15, 0.2) is 0 Å². The lowest BCUT2D eigenvalue weighted by Gasteiger charge is -2.08. The van der Waals surface area contributed by atoms with E-state index in [4.69, 9.17) is 0 Å². The number of rotatable bonds is 6. The van der Waals surface area contributed by atoms with Crippen molar-refractivity contribution in [3.63, 3.8) is 0 Å². The number of carbonyl (C=O) groups excluding carboxylic acids is 1. The molecule has 2 unspecified atom stereocenters. The molecule has 1 rings (SSSR count). The second kappa shape index (κ2) is 6.54. The van der Waals surface area contributed by atoms with Crippen LogP contribution in [0.3, 0.4) is 0 Å². The van der Waals surface area contributed by atoms with E-state index in [9.17, 15) is 9.00 Å². The van der Waals surface area contributed by atoms with Crippen molar-refractivity contribution in [2.45, 2.75) is 37.8 Å². The number of ether oxygens (including phenoxy) is 1. The van der Waals surface area contributed by atoms with Crippen molar-refractivity contribution in [2.24, 2.45) is 0 Å². The van der Waals surface area contributed by atoms with Gasteiger partial charge in [-0.15, -0.1) is 0 Å². The predicted octanol–water partition coefficient (Wildman–Crippen LogP) is 1.10. The fraction of sp³-hybridized carbons (Fsp3) is 0.636. The maximum atomic E-state index is 11.9. The number of aromatic nitrogens is 2. The van der Waals surface area contributed by atoms with Gasteiger partial charge in [-0.2, -0.15) is 5.10 Å². The van der Waals surface area contributed by atoms with E-state index in [-0.39, 0.29) is 17.6 Å². The molecule has 0 spiro atoms. The molecule has 0 bridgehead atoms. The number of methoxy groups -OCH3 is 1. The molecule has 0 aliphatic heterocycles. The Bertz CT molecular complexity index is 403. The molecule has 6 heteroatoms. The van der Waals surface area contributed by atoms with E-state index in [1.165, 1.54) is 7.11 Å². The third kappa shape index (κ3) is 4.30. The van der Waals surface area contributed by atoms with Crippen LogP contribution in [-0.2, 0) is 32.6 Å². The molecule has 0 amide bonds. The van der Waals surface area contributed by atoms with Gasteiger partial charge < -0.3 is 4.74 Å². The minimum Gasteiger partial charge on any atom is -0.469 e. The van der Waals surface area contributed by atoms with Crippen LogP contribution < -0.4 is 0 Å². The fourth-order valence-electron chi connectivity index (χ4n) is 1.37. The maximum absolute atomic E-state index is 11.9. The van der Waals surface area contributed by atoms with E-state index in [0.29, 0.717) is 5.75 Å². The van der Waals surface area contributed by atoms with Crippen molar-refractivity contribution in [1.82, 2.24) is 9.78 Å². The van der Waals surface area contributed by atoms with Gasteiger partial charge >= 0.3 is 5.97 Å². The molecular formula is C11H18N2O3S. The Kier molecular flexibility index (Phi) is 5.34. The highest BCUT2D eigenvalue weighted by Crippen LogP contribution is 2.09. The van der Waals surface area contributed by atoms with Gasteiger partial charge in [0.2, 0.25) is 0 Å². The van der Waals surface area contributed by atoms with E-state index < -0.39 is 10.8 Å². The Morgan fingerprint density at radius 1 is 1.65 bits per heavy atom. The van der Waals surface area contributed by atoms with Crippen molar-refractivity contribution in [3.05, 3.63) is 18.0 Å². The highest BCUT2D eigenvalue weighted by Gasteiger charge is 2.16. The second-order valence-corrected chi connectivity index (χ2v) is 5.68. The maximum Gasteiger partial charge on any atom is 0.306 e. The van der Waals surface area contributed by atoms with Crippen molar-refractivity contribution in [2.75, 3.05) is 7.11 Å². The highest BCUT2D eigenvalue weighted by atomic mass is 32.2. The van der Waals surface area contributed by atoms with Crippen LogP contribution >= 0.6 is 0 Å². The molecule has 0 aliphatic carbocycles. The van der Waals surface area contributed by atoms with Gasteiger partial charge in [0, 0.05) is 34.4 Å². The fourth-order valence-corrected chi connectivity index (χ4v) is 2.46. The molecule has 0 N–H and O–H groups in total. The first kappa shape index (κ1) is 13.9. The van der Waals surface area contributed by atoms with Crippen LogP contribution in [0, 0.1) is 0 Å². The summed E-state index contributed by atoms with van der Waals surface area (Å²) in [5.74, 6) is 0.105. The quantitative estimate of drug-likeness (QED) is 0.717. The summed E-state index contributed by atoms with van der Waals surface area (Å²) in [7, 11) is 0.256. The number of aryl methyl sites for hydroxylation is 1. The van der Waals surface area contributed by atoms with E-state index in [1.807, 2.05) is 13.1 Å². The van der Waals surface area contributed by atoms with Crippen LogP contribution in [0.25, 0.3) is 0 Å². The van der Waals surface area contributed by atoms with Gasteiger partial charge in [0.05, 0.1) is 25.5 Å². The monoisotopic (exact) mass is 258 g/mol. The molecule has 1 heterocycles. The largest absolute Gasteiger partial charge is 0.469 e. The summed E-state index contributed by atoms with van der Waals surface area (Å²) in [6, 6.07) is 0. The minimum atomic E-state index is -1.08. The van der Waals surface area contributed by atoms with Crippen LogP contribution in [0.15, 0.2) is 12.4 Å². The van der Waals surface area contributed by atoms with Gasteiger partial charge in [-0.3, -0.25) is 13.7 Å². The van der Waals surface area contributed by atoms with E-state index in [0.717, 1.165) is 12.1 Å². The molecule has 0 saturated carbocycles. The lowest BCUT2D eigenvalue weighted by atomic mass is 10.3. The molecule has 0 aromatic carbocycles. The van der Waals surface area contributed by atoms with Gasteiger partial charge in [0.25, 0.3) is 0 Å². The minimum absolute atomic E-state index is 0.186. The average Bonchev–Trinajstić information content (AvgIpc) is 2.76. The van der Waals surface area contributed by atoms with Crippen molar-refractivity contribution < 1.29 is 13.7 Å². The summed E-state index contributed by atoms with van der Waals surface area (Å²) in [5, 5.41) is 3.91. The summed E-state index contributed by atoms with van der Waals surface area (Å²) >= 11 is 0. The van der Waals surface area contributed by atoms with Gasteiger partial charge in [-0.25, -0.2) is 0 Å². The van der Waals surface area contributed by atoms with E-state index in [1.54, 1.807) is 17.8 Å². The Balaban J connectivity index is 2.50. The molecular weight excluding hydrogens is 240 g/mol. The normalized spacial score (nSPS) is 14.3. The average molecular weight is 258 g/mol. The molecule has 0 fully saturated rings. The van der Waals surface area contributed by atoms with Crippen molar-refractivity contribution >= 4 is 16.8 Å². The van der Waals surface area contributed by atoms with Crippen LogP contribution in [0.5, 0.6) is 0 Å². The topological polar surface area (TPSA) is 61.2 Å². The number of hydrogen-bond donors (Lipinski definition) is 0. The predicted molar refractivity (Wildman–Crippen MR) is 65.8 cm³/mol. The first-order valence-electron chi connectivity index (χ1n) is 5.52. The molecule has 1 aromatic rings. The molecule has 5 nitrogen and oxygen atoms in total. The van der Waals surface area contributed by atoms with Crippen molar-refractivity contribution in [1.29, 1.82) is 0 Å². The number of esters is 1. The van der Waals surface area contributed by atoms with Crippen molar-refractivity contribution in [3.8, 4) is 0 Å². The highest BCUT2D eigenvalue weighted by molar-refractivity contribution is 7.84. The molecule has 17 heavy (non-hydrogen) atoms. The first-order chi connectivity index (χ1) is 8.06. The SMILES string of the molecule is CCn1cc(CS(=O)C(C)CC(=O)OC)cn1. The second-order valence-electron chi connectivity index (χ2n) is 3.82. The molecule has 1 aromatic heterocycles.